The molecule has 1 atom stereocenters. The van der Waals surface area contributed by atoms with Gasteiger partial charge < -0.3 is 4.90 Å². The molecule has 0 spiro atoms. The van der Waals surface area contributed by atoms with E-state index in [0.29, 0.717) is 19.0 Å². The number of fused-ring (bicyclic) bond motifs is 1. The molecule has 1 unspecified atom stereocenters. The number of hydrogen-bond donors (Lipinski definition) is 1. The average molecular weight is 338 g/mol. The van der Waals surface area contributed by atoms with Gasteiger partial charge in [-0.3, -0.25) is 14.8 Å². The van der Waals surface area contributed by atoms with Gasteiger partial charge in [0.2, 0.25) is 5.91 Å². The number of aromatic amines is 1. The van der Waals surface area contributed by atoms with Crippen molar-refractivity contribution in [3.05, 3.63) is 52.8 Å². The summed E-state index contributed by atoms with van der Waals surface area (Å²) in [4.78, 5) is 16.7. The molecule has 1 saturated heterocycles. The fraction of sp³-hybridized carbons (Fsp3) is 0.500. The summed E-state index contributed by atoms with van der Waals surface area (Å²) < 4.78 is 0. The zero-order valence-corrected chi connectivity index (χ0v) is 14.9. The van der Waals surface area contributed by atoms with Gasteiger partial charge in [0, 0.05) is 19.3 Å². The van der Waals surface area contributed by atoms with Crippen molar-refractivity contribution in [1.82, 2.24) is 20.0 Å². The van der Waals surface area contributed by atoms with E-state index >= 15 is 0 Å². The molecule has 5 heteroatoms. The van der Waals surface area contributed by atoms with E-state index in [4.69, 9.17) is 0 Å². The number of carbonyl (C=O) groups is 1. The fourth-order valence-electron chi connectivity index (χ4n) is 4.12. The minimum atomic E-state index is 0.184. The number of likely N-dealkylation sites (N-methyl/N-ethyl adjacent to an activating group) is 1. The van der Waals surface area contributed by atoms with Crippen LogP contribution in [0.4, 0.5) is 0 Å². The van der Waals surface area contributed by atoms with Gasteiger partial charge in [-0.15, -0.1) is 0 Å². The summed E-state index contributed by atoms with van der Waals surface area (Å²) in [7, 11) is 1.89. The predicted molar refractivity (Wildman–Crippen MR) is 97.3 cm³/mol. The summed E-state index contributed by atoms with van der Waals surface area (Å²) in [6, 6.07) is 10.6. The highest BCUT2D eigenvalue weighted by molar-refractivity contribution is 5.78. The Bertz CT molecular complexity index is 739. The predicted octanol–water partition coefficient (Wildman–Crippen LogP) is 2.35. The number of aryl methyl sites for hydroxylation is 1. The van der Waals surface area contributed by atoms with Gasteiger partial charge in [0.05, 0.1) is 18.8 Å². The number of aromatic nitrogens is 2. The number of nitrogens with one attached hydrogen (secondary N) is 1. The molecule has 2 aromatic rings. The Morgan fingerprint density at radius 1 is 1.32 bits per heavy atom. The molecule has 1 amide bonds. The van der Waals surface area contributed by atoms with Crippen LogP contribution >= 0.6 is 0 Å². The maximum absolute atomic E-state index is 12.6. The lowest BCUT2D eigenvalue weighted by Crippen LogP contribution is -2.37. The number of H-pyrrole nitrogens is 1. The molecule has 5 nitrogen and oxygen atoms in total. The Hall–Kier alpha value is -2.14. The van der Waals surface area contributed by atoms with Crippen LogP contribution in [0.2, 0.25) is 0 Å². The Morgan fingerprint density at radius 2 is 2.16 bits per heavy atom. The van der Waals surface area contributed by atoms with Crippen molar-refractivity contribution >= 4 is 5.91 Å². The summed E-state index contributed by atoms with van der Waals surface area (Å²) in [5.74, 6) is 0.734. The van der Waals surface area contributed by atoms with E-state index in [1.807, 2.05) is 11.9 Å². The maximum atomic E-state index is 12.6. The maximum Gasteiger partial charge on any atom is 0.236 e. The number of nitrogens with zero attached hydrogens (tertiary/aromatic N) is 3. The van der Waals surface area contributed by atoms with Gasteiger partial charge in [-0.25, -0.2) is 0 Å². The van der Waals surface area contributed by atoms with Crippen molar-refractivity contribution in [3.63, 3.8) is 0 Å². The topological polar surface area (TPSA) is 52.2 Å². The summed E-state index contributed by atoms with van der Waals surface area (Å²) in [6.45, 7) is 3.09. The van der Waals surface area contributed by atoms with E-state index in [1.54, 1.807) is 0 Å². The lowest BCUT2D eigenvalue weighted by molar-refractivity contribution is -0.131. The number of benzene rings is 1. The largest absolute Gasteiger partial charge is 0.339 e. The monoisotopic (exact) mass is 338 g/mol. The average Bonchev–Trinajstić information content (AvgIpc) is 3.34. The minimum absolute atomic E-state index is 0.184. The fourth-order valence-corrected chi connectivity index (χ4v) is 4.12. The second-order valence-corrected chi connectivity index (χ2v) is 7.36. The van der Waals surface area contributed by atoms with Crippen LogP contribution in [0.15, 0.2) is 30.3 Å². The lowest BCUT2D eigenvalue weighted by atomic mass is 9.99. The van der Waals surface area contributed by atoms with Gasteiger partial charge in [-0.1, -0.05) is 30.3 Å². The van der Waals surface area contributed by atoms with E-state index in [0.717, 1.165) is 38.0 Å². The minimum Gasteiger partial charge on any atom is -0.339 e. The molecule has 25 heavy (non-hydrogen) atoms. The first-order valence-corrected chi connectivity index (χ1v) is 9.27. The van der Waals surface area contributed by atoms with Gasteiger partial charge in [0.1, 0.15) is 0 Å². The van der Waals surface area contributed by atoms with Crippen molar-refractivity contribution in [2.24, 2.45) is 0 Å². The van der Waals surface area contributed by atoms with Crippen LogP contribution in [0, 0.1) is 0 Å². The molecule has 0 radical (unpaired) electrons. The number of hydrogen-bond acceptors (Lipinski definition) is 3. The van der Waals surface area contributed by atoms with Crippen molar-refractivity contribution < 1.29 is 4.79 Å². The highest BCUT2D eigenvalue weighted by atomic mass is 16.2. The van der Waals surface area contributed by atoms with E-state index < -0.39 is 0 Å². The van der Waals surface area contributed by atoms with Crippen LogP contribution in [0.1, 0.15) is 41.3 Å². The second-order valence-electron chi connectivity index (χ2n) is 7.36. The number of likely N-dealkylation sites (tertiary alicyclic amines) is 1. The van der Waals surface area contributed by atoms with Crippen molar-refractivity contribution in [1.29, 1.82) is 0 Å². The first kappa shape index (κ1) is 16.3. The Kier molecular flexibility index (Phi) is 4.57. The molecule has 132 valence electrons. The van der Waals surface area contributed by atoms with Crippen LogP contribution in [-0.4, -0.2) is 52.6 Å². The molecule has 1 aliphatic carbocycles. The van der Waals surface area contributed by atoms with Crippen molar-refractivity contribution in [3.8, 4) is 0 Å². The van der Waals surface area contributed by atoms with Gasteiger partial charge in [-0.2, -0.15) is 5.10 Å². The molecule has 2 heterocycles. The van der Waals surface area contributed by atoms with Crippen LogP contribution in [0.3, 0.4) is 0 Å². The second kappa shape index (κ2) is 7.00. The van der Waals surface area contributed by atoms with E-state index in [-0.39, 0.29) is 5.91 Å². The third-order valence-electron chi connectivity index (χ3n) is 5.61. The summed E-state index contributed by atoms with van der Waals surface area (Å²) in [5, 5.41) is 7.54. The normalized spacial score (nSPS) is 20.0. The summed E-state index contributed by atoms with van der Waals surface area (Å²) in [6.07, 6.45) is 4.51. The van der Waals surface area contributed by atoms with E-state index in [9.17, 15) is 4.79 Å². The molecular formula is C20H26N4O. The van der Waals surface area contributed by atoms with E-state index in [2.05, 4.69) is 45.4 Å². The van der Waals surface area contributed by atoms with Crippen molar-refractivity contribution in [2.75, 3.05) is 26.7 Å². The quantitative estimate of drug-likeness (QED) is 0.910. The molecule has 1 aromatic carbocycles. The summed E-state index contributed by atoms with van der Waals surface area (Å²) in [5.41, 5.74) is 5.04. The third-order valence-corrected chi connectivity index (χ3v) is 5.61. The number of carbonyl (C=O) groups excluding carboxylic acids is 1. The molecule has 1 fully saturated rings. The van der Waals surface area contributed by atoms with Crippen LogP contribution in [0.25, 0.3) is 0 Å². The molecule has 1 aromatic heterocycles. The first-order valence-electron chi connectivity index (χ1n) is 9.27. The Morgan fingerprint density at radius 3 is 3.00 bits per heavy atom. The highest BCUT2D eigenvalue weighted by Gasteiger charge is 2.27. The van der Waals surface area contributed by atoms with Gasteiger partial charge in [0.25, 0.3) is 0 Å². The molecule has 0 saturated carbocycles. The first-order chi connectivity index (χ1) is 12.2. The lowest BCUT2D eigenvalue weighted by Gasteiger charge is -2.21. The Balaban J connectivity index is 1.31. The van der Waals surface area contributed by atoms with Crippen LogP contribution in [0.5, 0.6) is 0 Å². The smallest absolute Gasteiger partial charge is 0.236 e. The molecule has 1 aliphatic heterocycles. The molecule has 0 bridgehead atoms. The van der Waals surface area contributed by atoms with Crippen LogP contribution in [-0.2, 0) is 24.2 Å². The number of amides is 1. The Labute approximate surface area is 149 Å². The zero-order valence-electron chi connectivity index (χ0n) is 14.9. The van der Waals surface area contributed by atoms with Crippen LogP contribution < -0.4 is 0 Å². The number of rotatable bonds is 5. The van der Waals surface area contributed by atoms with Gasteiger partial charge >= 0.3 is 0 Å². The SMILES string of the molecule is CN(Cc1n[nH]c2c1CCC2)C(=O)CN1CCC(c2ccccc2)C1. The van der Waals surface area contributed by atoms with E-state index in [1.165, 1.54) is 23.2 Å². The highest BCUT2D eigenvalue weighted by Crippen LogP contribution is 2.27. The van der Waals surface area contributed by atoms with Gasteiger partial charge in [0.15, 0.2) is 0 Å². The molecular weight excluding hydrogens is 312 g/mol. The summed E-state index contributed by atoms with van der Waals surface area (Å²) >= 11 is 0. The molecule has 4 rings (SSSR count). The molecule has 1 N–H and O–H groups in total. The van der Waals surface area contributed by atoms with Crippen molar-refractivity contribution in [2.45, 2.75) is 38.1 Å². The third kappa shape index (κ3) is 3.47. The standard InChI is InChI=1S/C20H26N4O/c1-23(13-19-17-8-5-9-18(17)21-22-19)20(25)14-24-11-10-16(12-24)15-6-3-2-4-7-15/h2-4,6-7,16H,5,8-14H2,1H3,(H,21,22). The van der Waals surface area contributed by atoms with Gasteiger partial charge in [-0.05, 0) is 49.3 Å². The molecule has 2 aliphatic rings. The zero-order chi connectivity index (χ0) is 17.2.